The predicted molar refractivity (Wildman–Crippen MR) is 97.5 cm³/mol. The third-order valence-electron chi connectivity index (χ3n) is 4.24. The molecular formula is C20H11ClF10O2. The Bertz CT molecular complexity index is 1070. The van der Waals surface area contributed by atoms with Crippen LogP contribution in [0.2, 0.25) is 5.02 Å². The SMILES string of the molecule is O=C(O)c1ccc(C(F)=CC(c2cc(Cl)cc(CC(F)(F)F)c2)C(F)(F)F)cc1C(F)(F)F. The number of carboxylic acids is 1. The van der Waals surface area contributed by atoms with E-state index in [1.54, 1.807) is 0 Å². The van der Waals surface area contributed by atoms with Crippen molar-refractivity contribution in [3.05, 3.63) is 75.3 Å². The maximum atomic E-state index is 14.6. The molecule has 13 heteroatoms. The minimum Gasteiger partial charge on any atom is -0.478 e. The molecule has 0 aliphatic heterocycles. The monoisotopic (exact) mass is 508 g/mol. The van der Waals surface area contributed by atoms with Gasteiger partial charge < -0.3 is 5.11 Å². The fourth-order valence-electron chi connectivity index (χ4n) is 2.92. The van der Waals surface area contributed by atoms with Crippen LogP contribution in [0.1, 0.15) is 38.5 Å². The van der Waals surface area contributed by atoms with Gasteiger partial charge in [0.2, 0.25) is 0 Å². The highest BCUT2D eigenvalue weighted by Crippen LogP contribution is 2.41. The second-order valence-electron chi connectivity index (χ2n) is 6.78. The molecule has 1 N–H and O–H groups in total. The zero-order valence-corrected chi connectivity index (χ0v) is 16.6. The maximum Gasteiger partial charge on any atom is 0.417 e. The Labute approximate surface area is 184 Å². The van der Waals surface area contributed by atoms with E-state index in [1.165, 1.54) is 0 Å². The van der Waals surface area contributed by atoms with E-state index in [0.29, 0.717) is 24.3 Å². The molecule has 1 atom stereocenters. The molecule has 0 saturated carbocycles. The van der Waals surface area contributed by atoms with Crippen molar-refractivity contribution in [3.63, 3.8) is 0 Å². The first-order chi connectivity index (χ1) is 14.9. The Balaban J connectivity index is 2.60. The second-order valence-corrected chi connectivity index (χ2v) is 7.22. The fraction of sp³-hybridized carbons (Fsp3) is 0.250. The molecule has 0 bridgehead atoms. The quantitative estimate of drug-likeness (QED) is 0.418. The Kier molecular flexibility index (Phi) is 7.42. The van der Waals surface area contributed by atoms with Crippen molar-refractivity contribution in [2.75, 3.05) is 0 Å². The van der Waals surface area contributed by atoms with Crippen LogP contribution in [0.25, 0.3) is 5.83 Å². The van der Waals surface area contributed by atoms with Gasteiger partial charge in [0.05, 0.1) is 17.5 Å². The first kappa shape index (κ1) is 26.5. The molecule has 2 rings (SSSR count). The number of hydrogen-bond acceptors (Lipinski definition) is 1. The lowest BCUT2D eigenvalue weighted by Gasteiger charge is -2.19. The van der Waals surface area contributed by atoms with Gasteiger partial charge in [0, 0.05) is 10.6 Å². The number of carbonyl (C=O) groups is 1. The van der Waals surface area contributed by atoms with Crippen molar-refractivity contribution in [1.29, 1.82) is 0 Å². The Morgan fingerprint density at radius 3 is 2.06 bits per heavy atom. The number of carboxylic acid groups (broad SMARTS) is 1. The summed E-state index contributed by atoms with van der Waals surface area (Å²) < 4.78 is 133. The lowest BCUT2D eigenvalue weighted by atomic mass is 9.93. The first-order valence-electron chi connectivity index (χ1n) is 8.63. The summed E-state index contributed by atoms with van der Waals surface area (Å²) in [5.74, 6) is -6.67. The molecule has 0 saturated heterocycles. The van der Waals surface area contributed by atoms with Gasteiger partial charge >= 0.3 is 24.5 Å². The van der Waals surface area contributed by atoms with Crippen LogP contribution >= 0.6 is 11.6 Å². The highest BCUT2D eigenvalue weighted by molar-refractivity contribution is 6.30. The predicted octanol–water partition coefficient (Wildman–Crippen LogP) is 7.82. The van der Waals surface area contributed by atoms with Gasteiger partial charge in [0.25, 0.3) is 0 Å². The molecule has 2 aromatic carbocycles. The number of benzene rings is 2. The summed E-state index contributed by atoms with van der Waals surface area (Å²) in [6, 6.07) is 2.86. The van der Waals surface area contributed by atoms with Crippen molar-refractivity contribution < 1.29 is 53.8 Å². The number of allylic oxidation sites excluding steroid dienone is 1. The van der Waals surface area contributed by atoms with Crippen LogP contribution in [-0.4, -0.2) is 23.4 Å². The molecule has 0 aliphatic carbocycles. The van der Waals surface area contributed by atoms with Gasteiger partial charge in [-0.05, 0) is 41.5 Å². The summed E-state index contributed by atoms with van der Waals surface area (Å²) in [5, 5.41) is 8.34. The van der Waals surface area contributed by atoms with E-state index in [9.17, 15) is 48.7 Å². The van der Waals surface area contributed by atoms with Gasteiger partial charge in [-0.15, -0.1) is 0 Å². The van der Waals surface area contributed by atoms with Crippen molar-refractivity contribution in [2.45, 2.75) is 30.9 Å². The molecule has 0 aromatic heterocycles. The molecule has 0 spiro atoms. The van der Waals surface area contributed by atoms with Gasteiger partial charge in [0.1, 0.15) is 11.7 Å². The average molecular weight is 509 g/mol. The smallest absolute Gasteiger partial charge is 0.417 e. The number of aromatic carboxylic acids is 1. The first-order valence-corrected chi connectivity index (χ1v) is 9.01. The van der Waals surface area contributed by atoms with Crippen molar-refractivity contribution in [1.82, 2.24) is 0 Å². The van der Waals surface area contributed by atoms with Crippen LogP contribution in [0.15, 0.2) is 42.5 Å². The number of halogens is 11. The Morgan fingerprint density at radius 2 is 1.58 bits per heavy atom. The molecule has 2 aromatic rings. The normalized spacial score (nSPS) is 14.3. The van der Waals surface area contributed by atoms with Crippen LogP contribution in [0.5, 0.6) is 0 Å². The van der Waals surface area contributed by atoms with Crippen LogP contribution < -0.4 is 0 Å². The van der Waals surface area contributed by atoms with Gasteiger partial charge in [-0.3, -0.25) is 0 Å². The van der Waals surface area contributed by atoms with Crippen LogP contribution in [0.4, 0.5) is 43.9 Å². The zero-order chi connectivity index (χ0) is 25.4. The lowest BCUT2D eigenvalue weighted by molar-refractivity contribution is -0.140. The molecule has 180 valence electrons. The van der Waals surface area contributed by atoms with Crippen LogP contribution in [-0.2, 0) is 12.6 Å². The van der Waals surface area contributed by atoms with Gasteiger partial charge in [-0.25, -0.2) is 9.18 Å². The Hall–Kier alpha value is -2.76. The van der Waals surface area contributed by atoms with Crippen LogP contribution in [0.3, 0.4) is 0 Å². The summed E-state index contributed by atoms with van der Waals surface area (Å²) >= 11 is 5.61. The standard InChI is InChI=1S/C20H11ClF10O2/c21-12-4-9(8-18(23,24)25)3-11(5-12)14(19(26,27)28)7-16(22)10-1-2-13(17(32)33)15(6-10)20(29,30)31/h1-7,14H,8H2,(H,32,33). The highest BCUT2D eigenvalue weighted by Gasteiger charge is 2.41. The van der Waals surface area contributed by atoms with Crippen molar-refractivity contribution in [2.24, 2.45) is 0 Å². The molecule has 0 aliphatic rings. The fourth-order valence-corrected chi connectivity index (χ4v) is 3.19. The molecule has 0 radical (unpaired) electrons. The van der Waals surface area contributed by atoms with E-state index in [4.69, 9.17) is 16.7 Å². The van der Waals surface area contributed by atoms with E-state index in [-0.39, 0.29) is 12.1 Å². The van der Waals surface area contributed by atoms with E-state index >= 15 is 0 Å². The van der Waals surface area contributed by atoms with Crippen LogP contribution in [0, 0.1) is 0 Å². The van der Waals surface area contributed by atoms with E-state index in [1.807, 2.05) is 0 Å². The molecule has 2 nitrogen and oxygen atoms in total. The summed E-state index contributed by atoms with van der Waals surface area (Å²) in [6.07, 6.45) is -17.0. The summed E-state index contributed by atoms with van der Waals surface area (Å²) in [7, 11) is 0. The van der Waals surface area contributed by atoms with Gasteiger partial charge in [0.15, 0.2) is 0 Å². The zero-order valence-electron chi connectivity index (χ0n) is 15.8. The minimum atomic E-state index is -5.26. The summed E-state index contributed by atoms with van der Waals surface area (Å²) in [6.45, 7) is 0. The topological polar surface area (TPSA) is 37.3 Å². The van der Waals surface area contributed by atoms with Gasteiger partial charge in [-0.1, -0.05) is 23.7 Å². The molecule has 33 heavy (non-hydrogen) atoms. The largest absolute Gasteiger partial charge is 0.478 e. The number of hydrogen-bond donors (Lipinski definition) is 1. The molecule has 1 unspecified atom stereocenters. The third kappa shape index (κ3) is 7.11. The van der Waals surface area contributed by atoms with Crippen molar-refractivity contribution in [3.8, 4) is 0 Å². The number of rotatable bonds is 5. The van der Waals surface area contributed by atoms with E-state index < -0.39 is 75.5 Å². The average Bonchev–Trinajstić information content (AvgIpc) is 2.61. The Morgan fingerprint density at radius 1 is 0.970 bits per heavy atom. The molecule has 0 heterocycles. The lowest BCUT2D eigenvalue weighted by Crippen LogP contribution is -2.20. The highest BCUT2D eigenvalue weighted by atomic mass is 35.5. The van der Waals surface area contributed by atoms with E-state index in [2.05, 4.69) is 0 Å². The third-order valence-corrected chi connectivity index (χ3v) is 4.46. The second kappa shape index (κ2) is 9.24. The number of alkyl halides is 9. The van der Waals surface area contributed by atoms with Crippen molar-refractivity contribution >= 4 is 23.4 Å². The molecule has 0 amide bonds. The summed E-state index contributed by atoms with van der Waals surface area (Å²) in [5.41, 5.74) is -5.58. The molecular weight excluding hydrogens is 498 g/mol. The summed E-state index contributed by atoms with van der Waals surface area (Å²) in [4.78, 5) is 11.0. The maximum absolute atomic E-state index is 14.6. The van der Waals surface area contributed by atoms with Gasteiger partial charge in [-0.2, -0.15) is 39.5 Å². The van der Waals surface area contributed by atoms with E-state index in [0.717, 1.165) is 6.07 Å². The molecule has 0 fully saturated rings. The minimum absolute atomic E-state index is 0.0236.